The molecule has 3 N–H and O–H groups in total. The largest absolute Gasteiger partial charge is 0.368 e. The molecule has 10 heteroatoms. The summed E-state index contributed by atoms with van der Waals surface area (Å²) in [5.41, 5.74) is 8.43. The standard InChI is InChI=1S/C20H15ClN6O2S/c21-19-17(27-30(28,29)15-4-2-1-3-5-15)10-14(11-24-19)16-12-25-20(22)26-18(16)13-6-8-23-9-7-13/h1-12,27H,(H2,22,25,26). The van der Waals surface area contributed by atoms with Crippen LogP contribution in [0.15, 0.2) is 78.2 Å². The Morgan fingerprint density at radius 1 is 0.933 bits per heavy atom. The quantitative estimate of drug-likeness (QED) is 0.456. The van der Waals surface area contributed by atoms with Gasteiger partial charge in [0.05, 0.1) is 16.3 Å². The Morgan fingerprint density at radius 2 is 1.67 bits per heavy atom. The molecule has 0 aliphatic carbocycles. The summed E-state index contributed by atoms with van der Waals surface area (Å²) in [6, 6.07) is 13.1. The minimum Gasteiger partial charge on any atom is -0.368 e. The van der Waals surface area contributed by atoms with Crippen molar-refractivity contribution in [3.63, 3.8) is 0 Å². The van der Waals surface area contributed by atoms with Gasteiger partial charge >= 0.3 is 0 Å². The van der Waals surface area contributed by atoms with Gasteiger partial charge in [-0.05, 0) is 30.3 Å². The molecule has 0 unspecified atom stereocenters. The second-order valence-corrected chi connectivity index (χ2v) is 8.25. The lowest BCUT2D eigenvalue weighted by Crippen LogP contribution is -2.13. The minimum absolute atomic E-state index is 0.0140. The van der Waals surface area contributed by atoms with E-state index in [9.17, 15) is 8.42 Å². The molecule has 8 nitrogen and oxygen atoms in total. The fourth-order valence-electron chi connectivity index (χ4n) is 2.81. The lowest BCUT2D eigenvalue weighted by Gasteiger charge is -2.13. The van der Waals surface area contributed by atoms with Gasteiger partial charge in [0.15, 0.2) is 5.15 Å². The molecular formula is C20H15ClN6O2S. The third-order valence-corrected chi connectivity index (χ3v) is 5.89. The highest BCUT2D eigenvalue weighted by Gasteiger charge is 2.18. The van der Waals surface area contributed by atoms with Crippen molar-refractivity contribution in [1.29, 1.82) is 0 Å². The van der Waals surface area contributed by atoms with Crippen molar-refractivity contribution < 1.29 is 8.42 Å². The first-order valence-corrected chi connectivity index (χ1v) is 10.6. The third-order valence-electron chi connectivity index (χ3n) is 4.21. The van der Waals surface area contributed by atoms with Gasteiger partial charge in [0.25, 0.3) is 10.0 Å². The van der Waals surface area contributed by atoms with Gasteiger partial charge in [0, 0.05) is 41.5 Å². The van der Waals surface area contributed by atoms with E-state index in [1.165, 1.54) is 18.3 Å². The highest BCUT2D eigenvalue weighted by Crippen LogP contribution is 2.33. The average Bonchev–Trinajstić information content (AvgIpc) is 2.76. The maximum atomic E-state index is 12.7. The van der Waals surface area contributed by atoms with Crippen LogP contribution in [0.25, 0.3) is 22.4 Å². The average molecular weight is 439 g/mol. The van der Waals surface area contributed by atoms with Crippen molar-refractivity contribution in [1.82, 2.24) is 19.9 Å². The summed E-state index contributed by atoms with van der Waals surface area (Å²) in [7, 11) is -3.84. The number of nitrogens with two attached hydrogens (primary N) is 1. The maximum absolute atomic E-state index is 12.7. The molecule has 150 valence electrons. The predicted octanol–water partition coefficient (Wildman–Crippen LogP) is 3.64. The summed E-state index contributed by atoms with van der Waals surface area (Å²) < 4.78 is 27.9. The molecule has 4 aromatic rings. The van der Waals surface area contributed by atoms with Crippen LogP contribution in [0.4, 0.5) is 11.6 Å². The molecule has 3 heterocycles. The Kier molecular flexibility index (Phi) is 5.30. The van der Waals surface area contributed by atoms with Crippen molar-refractivity contribution in [3.05, 3.63) is 78.5 Å². The van der Waals surface area contributed by atoms with Crippen LogP contribution in [-0.2, 0) is 10.0 Å². The van der Waals surface area contributed by atoms with Crippen LogP contribution in [0.2, 0.25) is 5.15 Å². The third kappa shape index (κ3) is 4.07. The van der Waals surface area contributed by atoms with Crippen molar-refractivity contribution in [2.75, 3.05) is 10.5 Å². The minimum atomic E-state index is -3.84. The molecule has 0 amide bonds. The van der Waals surface area contributed by atoms with Gasteiger partial charge in [0.1, 0.15) is 0 Å². The lowest BCUT2D eigenvalue weighted by atomic mass is 10.0. The van der Waals surface area contributed by atoms with Crippen LogP contribution < -0.4 is 10.5 Å². The molecule has 0 aliphatic heterocycles. The van der Waals surface area contributed by atoms with Gasteiger partial charge in [-0.1, -0.05) is 29.8 Å². The van der Waals surface area contributed by atoms with Gasteiger partial charge in [-0.2, -0.15) is 0 Å². The summed E-state index contributed by atoms with van der Waals surface area (Å²) in [6.07, 6.45) is 6.34. The van der Waals surface area contributed by atoms with E-state index in [2.05, 4.69) is 24.7 Å². The topological polar surface area (TPSA) is 124 Å². The summed E-state index contributed by atoms with van der Waals surface area (Å²) in [5, 5.41) is 0.0140. The molecule has 0 spiro atoms. The van der Waals surface area contributed by atoms with E-state index < -0.39 is 10.0 Å². The van der Waals surface area contributed by atoms with E-state index in [1.807, 2.05) is 0 Å². The highest BCUT2D eigenvalue weighted by atomic mass is 35.5. The fraction of sp³-hybridized carbons (Fsp3) is 0. The van der Waals surface area contributed by atoms with Crippen LogP contribution in [0.5, 0.6) is 0 Å². The summed E-state index contributed by atoms with van der Waals surface area (Å²) in [6.45, 7) is 0. The molecule has 0 aliphatic rings. The van der Waals surface area contributed by atoms with Crippen molar-refractivity contribution in [2.45, 2.75) is 4.90 Å². The van der Waals surface area contributed by atoms with Gasteiger partial charge in [-0.15, -0.1) is 0 Å². The molecule has 0 saturated heterocycles. The molecule has 0 fully saturated rings. The number of hydrogen-bond donors (Lipinski definition) is 2. The zero-order valence-corrected chi connectivity index (χ0v) is 17.0. The molecule has 0 atom stereocenters. The van der Waals surface area contributed by atoms with E-state index in [0.717, 1.165) is 5.56 Å². The lowest BCUT2D eigenvalue weighted by molar-refractivity contribution is 0.601. The normalized spacial score (nSPS) is 11.2. The molecule has 4 rings (SSSR count). The van der Waals surface area contributed by atoms with Crippen LogP contribution in [0.3, 0.4) is 0 Å². The Labute approximate surface area is 177 Å². The number of rotatable bonds is 5. The summed E-state index contributed by atoms with van der Waals surface area (Å²) in [4.78, 5) is 16.7. The molecule has 30 heavy (non-hydrogen) atoms. The molecule has 3 aromatic heterocycles. The second kappa shape index (κ2) is 8.05. The Bertz CT molecular complexity index is 1300. The van der Waals surface area contributed by atoms with Crippen molar-refractivity contribution in [3.8, 4) is 22.4 Å². The summed E-state index contributed by atoms with van der Waals surface area (Å²) in [5.74, 6) is 0.109. The Balaban J connectivity index is 1.78. The van der Waals surface area contributed by atoms with E-state index >= 15 is 0 Å². The van der Waals surface area contributed by atoms with Gasteiger partial charge < -0.3 is 5.73 Å². The molecule has 0 bridgehead atoms. The zero-order valence-electron chi connectivity index (χ0n) is 15.4. The number of nitrogens with one attached hydrogen (secondary N) is 1. The molecule has 1 aromatic carbocycles. The molecule has 0 radical (unpaired) electrons. The number of nitrogens with zero attached hydrogens (tertiary/aromatic N) is 4. The van der Waals surface area contributed by atoms with Crippen molar-refractivity contribution >= 4 is 33.3 Å². The van der Waals surface area contributed by atoms with Crippen LogP contribution in [-0.4, -0.2) is 28.4 Å². The Hall–Kier alpha value is -3.56. The Morgan fingerprint density at radius 3 is 2.40 bits per heavy atom. The monoisotopic (exact) mass is 438 g/mol. The number of hydrogen-bond acceptors (Lipinski definition) is 7. The van der Waals surface area contributed by atoms with Gasteiger partial charge in [0.2, 0.25) is 5.95 Å². The number of halogens is 1. The number of nitrogen functional groups attached to an aromatic ring is 1. The maximum Gasteiger partial charge on any atom is 0.261 e. The van der Waals surface area contributed by atoms with E-state index in [0.29, 0.717) is 16.8 Å². The molecule has 0 saturated carbocycles. The van der Waals surface area contributed by atoms with Crippen LogP contribution in [0, 0.1) is 0 Å². The zero-order chi connectivity index (χ0) is 21.1. The number of benzene rings is 1. The van der Waals surface area contributed by atoms with Crippen molar-refractivity contribution in [2.24, 2.45) is 0 Å². The first kappa shape index (κ1) is 19.7. The van der Waals surface area contributed by atoms with E-state index in [4.69, 9.17) is 17.3 Å². The molecular weight excluding hydrogens is 424 g/mol. The highest BCUT2D eigenvalue weighted by molar-refractivity contribution is 7.92. The second-order valence-electron chi connectivity index (χ2n) is 6.21. The number of aromatic nitrogens is 4. The van der Waals surface area contributed by atoms with E-state index in [1.54, 1.807) is 55.0 Å². The number of pyridine rings is 2. The predicted molar refractivity (Wildman–Crippen MR) is 115 cm³/mol. The van der Waals surface area contributed by atoms with Crippen LogP contribution >= 0.6 is 11.6 Å². The van der Waals surface area contributed by atoms with Gasteiger partial charge in [-0.25, -0.2) is 23.4 Å². The van der Waals surface area contributed by atoms with Gasteiger partial charge in [-0.3, -0.25) is 9.71 Å². The summed E-state index contributed by atoms with van der Waals surface area (Å²) >= 11 is 6.16. The van der Waals surface area contributed by atoms with E-state index in [-0.39, 0.29) is 21.7 Å². The fourth-order valence-corrected chi connectivity index (χ4v) is 4.09. The number of sulfonamides is 1. The first-order chi connectivity index (χ1) is 14.4. The first-order valence-electron chi connectivity index (χ1n) is 8.71. The SMILES string of the molecule is Nc1ncc(-c2cnc(Cl)c(NS(=O)(=O)c3ccccc3)c2)c(-c2ccncc2)n1. The smallest absolute Gasteiger partial charge is 0.261 e. The number of anilines is 2. The van der Waals surface area contributed by atoms with Crippen LogP contribution in [0.1, 0.15) is 0 Å².